The van der Waals surface area contributed by atoms with Gasteiger partial charge in [-0.05, 0) is 40.5 Å². The van der Waals surface area contributed by atoms with E-state index in [-0.39, 0.29) is 16.0 Å². The van der Waals surface area contributed by atoms with Gasteiger partial charge in [-0.2, -0.15) is 0 Å². The molecule has 3 nitrogen and oxygen atoms in total. The maximum absolute atomic E-state index is 10.9. The summed E-state index contributed by atoms with van der Waals surface area (Å²) in [7, 11) is 0. The summed E-state index contributed by atoms with van der Waals surface area (Å²) >= 11 is 2.09. The van der Waals surface area contributed by atoms with E-state index in [0.717, 1.165) is 15.6 Å². The Balaban J connectivity index is 3.12. The molecule has 1 rings (SSSR count). The van der Waals surface area contributed by atoms with Crippen molar-refractivity contribution in [1.82, 2.24) is 0 Å². The van der Waals surface area contributed by atoms with Crippen molar-refractivity contribution in [2.45, 2.75) is 27.2 Å². The molecule has 0 bridgehead atoms. The van der Waals surface area contributed by atoms with Crippen LogP contribution in [0.5, 0.6) is 0 Å². The maximum Gasteiger partial charge on any atom is 0.273 e. The molecule has 0 N–H and O–H groups in total. The topological polar surface area (TPSA) is 43.1 Å². The van der Waals surface area contributed by atoms with Gasteiger partial charge in [0.05, 0.1) is 4.92 Å². The van der Waals surface area contributed by atoms with Gasteiger partial charge in [0.2, 0.25) is 0 Å². The SMILES string of the molecule is CC(C)(C)Cc1ccc(I)cc1[N+](=O)[O-]. The monoisotopic (exact) mass is 319 g/mol. The fourth-order valence-corrected chi connectivity index (χ4v) is 1.90. The van der Waals surface area contributed by atoms with Gasteiger partial charge in [-0.15, -0.1) is 0 Å². The van der Waals surface area contributed by atoms with Gasteiger partial charge in [0.15, 0.2) is 0 Å². The van der Waals surface area contributed by atoms with Gasteiger partial charge in [0.1, 0.15) is 0 Å². The molecule has 0 aliphatic carbocycles. The van der Waals surface area contributed by atoms with Gasteiger partial charge in [0, 0.05) is 15.2 Å². The largest absolute Gasteiger partial charge is 0.273 e. The number of nitro groups is 1. The Morgan fingerprint density at radius 2 is 2.00 bits per heavy atom. The van der Waals surface area contributed by atoms with Crippen LogP contribution in [0.1, 0.15) is 26.3 Å². The van der Waals surface area contributed by atoms with Crippen molar-refractivity contribution < 1.29 is 4.92 Å². The maximum atomic E-state index is 10.9. The number of rotatable bonds is 2. The Kier molecular flexibility index (Phi) is 3.70. The minimum absolute atomic E-state index is 0.0670. The fraction of sp³-hybridized carbons (Fsp3) is 0.455. The average molecular weight is 319 g/mol. The van der Waals surface area contributed by atoms with Crippen molar-refractivity contribution >= 4 is 28.3 Å². The molecule has 0 amide bonds. The first-order valence-electron chi connectivity index (χ1n) is 4.72. The Labute approximate surface area is 103 Å². The summed E-state index contributed by atoms with van der Waals surface area (Å²) in [5.41, 5.74) is 1.11. The molecule has 0 radical (unpaired) electrons. The number of benzene rings is 1. The Hall–Kier alpha value is -0.650. The van der Waals surface area contributed by atoms with Gasteiger partial charge in [-0.1, -0.05) is 26.8 Å². The van der Waals surface area contributed by atoms with Crippen LogP contribution in [-0.2, 0) is 6.42 Å². The van der Waals surface area contributed by atoms with Gasteiger partial charge in [-0.3, -0.25) is 10.1 Å². The second kappa shape index (κ2) is 4.47. The van der Waals surface area contributed by atoms with Crippen LogP contribution >= 0.6 is 22.6 Å². The van der Waals surface area contributed by atoms with Crippen LogP contribution in [0, 0.1) is 19.1 Å². The van der Waals surface area contributed by atoms with Crippen LogP contribution in [-0.4, -0.2) is 4.92 Å². The number of nitrogens with zero attached hydrogens (tertiary/aromatic N) is 1. The normalized spacial score (nSPS) is 11.5. The van der Waals surface area contributed by atoms with Gasteiger partial charge >= 0.3 is 0 Å². The first-order chi connectivity index (χ1) is 6.79. The minimum Gasteiger partial charge on any atom is -0.258 e. The first-order valence-corrected chi connectivity index (χ1v) is 5.80. The zero-order valence-electron chi connectivity index (χ0n) is 9.08. The summed E-state index contributed by atoms with van der Waals surface area (Å²) in [6, 6.07) is 5.39. The molecule has 82 valence electrons. The van der Waals surface area contributed by atoms with E-state index in [0.29, 0.717) is 0 Å². The highest BCUT2D eigenvalue weighted by Gasteiger charge is 2.19. The molecule has 4 heteroatoms. The second-order valence-corrected chi connectivity index (χ2v) is 6.01. The zero-order valence-corrected chi connectivity index (χ0v) is 11.2. The molecule has 0 aliphatic rings. The lowest BCUT2D eigenvalue weighted by Gasteiger charge is -2.17. The molecule has 0 unspecified atom stereocenters. The lowest BCUT2D eigenvalue weighted by atomic mass is 9.87. The van der Waals surface area contributed by atoms with Crippen LogP contribution in [0.2, 0.25) is 0 Å². The third kappa shape index (κ3) is 3.77. The number of hydrogen-bond acceptors (Lipinski definition) is 2. The van der Waals surface area contributed by atoms with Crippen molar-refractivity contribution in [1.29, 1.82) is 0 Å². The molecular formula is C11H14INO2. The van der Waals surface area contributed by atoms with E-state index in [4.69, 9.17) is 0 Å². The van der Waals surface area contributed by atoms with Crippen molar-refractivity contribution in [2.75, 3.05) is 0 Å². The third-order valence-corrected chi connectivity index (χ3v) is 2.64. The van der Waals surface area contributed by atoms with E-state index in [1.165, 1.54) is 0 Å². The molecule has 0 atom stereocenters. The van der Waals surface area contributed by atoms with Crippen molar-refractivity contribution in [3.05, 3.63) is 37.4 Å². The van der Waals surface area contributed by atoms with Gasteiger partial charge in [-0.25, -0.2) is 0 Å². The number of halogens is 1. The molecule has 1 aromatic carbocycles. The Morgan fingerprint density at radius 1 is 1.40 bits per heavy atom. The predicted molar refractivity (Wildman–Crippen MR) is 69.0 cm³/mol. The summed E-state index contributed by atoms with van der Waals surface area (Å²) in [6.45, 7) is 6.23. The quantitative estimate of drug-likeness (QED) is 0.473. The van der Waals surface area contributed by atoms with Crippen LogP contribution in [0.15, 0.2) is 18.2 Å². The van der Waals surface area contributed by atoms with E-state index in [1.807, 2.05) is 12.1 Å². The molecule has 1 aromatic rings. The standard InChI is InChI=1S/C11H14INO2/c1-11(2,3)7-8-4-5-9(12)6-10(8)13(14)15/h4-6H,7H2,1-3H3. The zero-order chi connectivity index (χ0) is 11.6. The van der Waals surface area contributed by atoms with Crippen molar-refractivity contribution in [3.8, 4) is 0 Å². The van der Waals surface area contributed by atoms with Crippen molar-refractivity contribution in [2.24, 2.45) is 5.41 Å². The highest BCUT2D eigenvalue weighted by molar-refractivity contribution is 14.1. The first kappa shape index (κ1) is 12.4. The summed E-state index contributed by atoms with van der Waals surface area (Å²) < 4.78 is 0.900. The van der Waals surface area contributed by atoms with Gasteiger partial charge in [0.25, 0.3) is 5.69 Å². The van der Waals surface area contributed by atoms with E-state index < -0.39 is 0 Å². The lowest BCUT2D eigenvalue weighted by Crippen LogP contribution is -2.10. The molecular weight excluding hydrogens is 305 g/mol. The molecule has 0 aromatic heterocycles. The van der Waals surface area contributed by atoms with Gasteiger partial charge < -0.3 is 0 Å². The average Bonchev–Trinajstić information content (AvgIpc) is 2.05. The third-order valence-electron chi connectivity index (χ3n) is 1.96. The molecule has 0 spiro atoms. The van der Waals surface area contributed by atoms with Crippen LogP contribution in [0.4, 0.5) is 5.69 Å². The predicted octanol–water partition coefficient (Wildman–Crippen LogP) is 3.79. The van der Waals surface area contributed by atoms with Crippen LogP contribution in [0.25, 0.3) is 0 Å². The van der Waals surface area contributed by atoms with Crippen LogP contribution < -0.4 is 0 Å². The smallest absolute Gasteiger partial charge is 0.258 e. The van der Waals surface area contributed by atoms with Crippen molar-refractivity contribution in [3.63, 3.8) is 0 Å². The Bertz CT molecular complexity index is 383. The molecule has 0 saturated heterocycles. The van der Waals surface area contributed by atoms with E-state index >= 15 is 0 Å². The van der Waals surface area contributed by atoms with Crippen LogP contribution in [0.3, 0.4) is 0 Å². The van der Waals surface area contributed by atoms with E-state index in [9.17, 15) is 10.1 Å². The highest BCUT2D eigenvalue weighted by Crippen LogP contribution is 2.28. The van der Waals surface area contributed by atoms with E-state index in [1.54, 1.807) is 6.07 Å². The lowest BCUT2D eigenvalue weighted by molar-refractivity contribution is -0.385. The molecule has 0 heterocycles. The molecule has 15 heavy (non-hydrogen) atoms. The second-order valence-electron chi connectivity index (χ2n) is 4.77. The summed E-state index contributed by atoms with van der Waals surface area (Å²) in [5.74, 6) is 0. The van der Waals surface area contributed by atoms with E-state index in [2.05, 4.69) is 43.4 Å². The highest BCUT2D eigenvalue weighted by atomic mass is 127. The summed E-state index contributed by atoms with van der Waals surface area (Å²) in [4.78, 5) is 10.6. The Morgan fingerprint density at radius 3 is 2.47 bits per heavy atom. The summed E-state index contributed by atoms with van der Waals surface area (Å²) in [5, 5.41) is 10.9. The number of hydrogen-bond donors (Lipinski definition) is 0. The fourth-order valence-electron chi connectivity index (χ4n) is 1.43. The molecule has 0 fully saturated rings. The molecule has 0 saturated carbocycles. The number of nitro benzene ring substituents is 1. The summed E-state index contributed by atoms with van der Waals surface area (Å²) in [6.07, 6.45) is 0.722. The molecule has 0 aliphatic heterocycles. The minimum atomic E-state index is -0.302.